The monoisotopic (exact) mass is 269 g/mol. The summed E-state index contributed by atoms with van der Waals surface area (Å²) in [7, 11) is 0. The van der Waals surface area contributed by atoms with Crippen molar-refractivity contribution >= 4 is 17.3 Å². The zero-order chi connectivity index (χ0) is 14.1. The molecule has 1 aromatic heterocycles. The van der Waals surface area contributed by atoms with Gasteiger partial charge in [-0.3, -0.25) is 4.79 Å². The van der Waals surface area contributed by atoms with Gasteiger partial charge in [0, 0.05) is 15.7 Å². The zero-order valence-electron chi connectivity index (χ0n) is 12.1. The number of hydrogen-bond acceptors (Lipinski definition) is 3. The van der Waals surface area contributed by atoms with E-state index in [2.05, 4.69) is 41.5 Å². The number of carboxylic acid groups (broad SMARTS) is 1. The standard InChI is InChI=1S/C14H23NO2S/c1-13(2,3)11-9(7-8-10(16)17)18-12(15-11)14(4,5)6/h7-8H2,1-6H3,(H,16,17). The number of nitrogens with zero attached hydrogens (tertiary/aromatic N) is 1. The number of carbonyl (C=O) groups is 1. The Morgan fingerprint density at radius 1 is 1.17 bits per heavy atom. The van der Waals surface area contributed by atoms with Gasteiger partial charge in [-0.25, -0.2) is 4.98 Å². The second-order valence-electron chi connectivity index (χ2n) is 6.68. The normalized spacial score (nSPS) is 12.8. The van der Waals surface area contributed by atoms with Crippen LogP contribution in [-0.4, -0.2) is 16.1 Å². The first kappa shape index (κ1) is 15.2. The molecule has 0 atom stereocenters. The Bertz CT molecular complexity index is 436. The molecule has 0 saturated heterocycles. The third-order valence-electron chi connectivity index (χ3n) is 2.62. The van der Waals surface area contributed by atoms with E-state index in [1.54, 1.807) is 11.3 Å². The highest BCUT2D eigenvalue weighted by Crippen LogP contribution is 2.35. The van der Waals surface area contributed by atoms with Crippen LogP contribution in [0.5, 0.6) is 0 Å². The molecule has 0 radical (unpaired) electrons. The van der Waals surface area contributed by atoms with E-state index in [1.165, 1.54) is 0 Å². The molecular weight excluding hydrogens is 246 g/mol. The van der Waals surface area contributed by atoms with Gasteiger partial charge in [-0.1, -0.05) is 41.5 Å². The molecule has 18 heavy (non-hydrogen) atoms. The summed E-state index contributed by atoms with van der Waals surface area (Å²) in [5.41, 5.74) is 1.04. The van der Waals surface area contributed by atoms with Gasteiger partial charge in [0.2, 0.25) is 0 Å². The third kappa shape index (κ3) is 3.80. The molecule has 1 aromatic rings. The highest BCUT2D eigenvalue weighted by molar-refractivity contribution is 7.11. The van der Waals surface area contributed by atoms with Crippen LogP contribution in [0.25, 0.3) is 0 Å². The molecule has 0 fully saturated rings. The number of carboxylic acids is 1. The van der Waals surface area contributed by atoms with Crippen LogP contribution in [-0.2, 0) is 22.0 Å². The SMILES string of the molecule is CC(C)(C)c1nc(C(C)(C)C)c(CCC(=O)O)s1. The summed E-state index contributed by atoms with van der Waals surface area (Å²) in [4.78, 5) is 16.6. The molecule has 0 bridgehead atoms. The summed E-state index contributed by atoms with van der Waals surface area (Å²) in [6, 6.07) is 0. The largest absolute Gasteiger partial charge is 0.481 e. The van der Waals surface area contributed by atoms with Gasteiger partial charge in [0.05, 0.1) is 17.1 Å². The maximum absolute atomic E-state index is 10.7. The summed E-state index contributed by atoms with van der Waals surface area (Å²) in [6.07, 6.45) is 0.755. The predicted octanol–water partition coefficient (Wildman–Crippen LogP) is 3.76. The number of hydrogen-bond donors (Lipinski definition) is 1. The van der Waals surface area contributed by atoms with Crippen LogP contribution in [0.1, 0.15) is 63.5 Å². The van der Waals surface area contributed by atoms with Gasteiger partial charge < -0.3 is 5.11 Å². The van der Waals surface area contributed by atoms with Gasteiger partial charge >= 0.3 is 5.97 Å². The third-order valence-corrected chi connectivity index (χ3v) is 4.16. The fraction of sp³-hybridized carbons (Fsp3) is 0.714. The summed E-state index contributed by atoms with van der Waals surface area (Å²) in [6.45, 7) is 12.8. The van der Waals surface area contributed by atoms with Crippen molar-refractivity contribution in [3.63, 3.8) is 0 Å². The van der Waals surface area contributed by atoms with Crippen molar-refractivity contribution in [1.29, 1.82) is 0 Å². The highest BCUT2D eigenvalue weighted by atomic mass is 32.1. The average molecular weight is 269 g/mol. The maximum Gasteiger partial charge on any atom is 0.303 e. The van der Waals surface area contributed by atoms with Gasteiger partial charge in [-0.15, -0.1) is 11.3 Å². The lowest BCUT2D eigenvalue weighted by molar-refractivity contribution is -0.136. The Kier molecular flexibility index (Phi) is 4.21. The van der Waals surface area contributed by atoms with Gasteiger partial charge in [0.1, 0.15) is 0 Å². The smallest absolute Gasteiger partial charge is 0.303 e. The molecule has 102 valence electrons. The summed E-state index contributed by atoms with van der Waals surface area (Å²) < 4.78 is 0. The van der Waals surface area contributed by atoms with E-state index in [9.17, 15) is 4.79 Å². The Morgan fingerprint density at radius 3 is 2.11 bits per heavy atom. The first-order chi connectivity index (χ1) is 8.01. The molecule has 1 heterocycles. The van der Waals surface area contributed by atoms with Crippen molar-refractivity contribution in [2.75, 3.05) is 0 Å². The van der Waals surface area contributed by atoms with Crippen LogP contribution >= 0.6 is 11.3 Å². The second kappa shape index (κ2) is 5.00. The molecule has 3 nitrogen and oxygen atoms in total. The molecule has 0 saturated carbocycles. The van der Waals surface area contributed by atoms with Crippen molar-refractivity contribution in [3.8, 4) is 0 Å². The van der Waals surface area contributed by atoms with E-state index in [-0.39, 0.29) is 17.3 Å². The average Bonchev–Trinajstić information content (AvgIpc) is 2.56. The molecule has 4 heteroatoms. The molecule has 0 aliphatic heterocycles. The van der Waals surface area contributed by atoms with Crippen molar-refractivity contribution in [2.45, 2.75) is 65.2 Å². The molecule has 1 N–H and O–H groups in total. The van der Waals surface area contributed by atoms with E-state index in [0.29, 0.717) is 6.42 Å². The summed E-state index contributed by atoms with van der Waals surface area (Å²) in [5.74, 6) is -0.749. The molecule has 0 aromatic carbocycles. The van der Waals surface area contributed by atoms with Crippen LogP contribution in [0.2, 0.25) is 0 Å². The summed E-state index contributed by atoms with van der Waals surface area (Å²) >= 11 is 1.66. The van der Waals surface area contributed by atoms with E-state index >= 15 is 0 Å². The number of aromatic nitrogens is 1. The van der Waals surface area contributed by atoms with Crippen molar-refractivity contribution in [3.05, 3.63) is 15.6 Å². The number of aryl methyl sites for hydroxylation is 1. The van der Waals surface area contributed by atoms with E-state index in [4.69, 9.17) is 10.1 Å². The van der Waals surface area contributed by atoms with Crippen molar-refractivity contribution < 1.29 is 9.90 Å². The van der Waals surface area contributed by atoms with Gasteiger partial charge in [0.25, 0.3) is 0 Å². The fourth-order valence-corrected chi connectivity index (χ4v) is 2.98. The number of rotatable bonds is 3. The second-order valence-corrected chi connectivity index (χ2v) is 7.77. The van der Waals surface area contributed by atoms with Crippen LogP contribution in [0.4, 0.5) is 0 Å². The maximum atomic E-state index is 10.7. The van der Waals surface area contributed by atoms with Crippen LogP contribution in [0.3, 0.4) is 0 Å². The Labute approximate surface area is 113 Å². The fourth-order valence-electron chi connectivity index (χ4n) is 1.65. The lowest BCUT2D eigenvalue weighted by Gasteiger charge is -2.18. The van der Waals surface area contributed by atoms with Crippen LogP contribution in [0.15, 0.2) is 0 Å². The van der Waals surface area contributed by atoms with E-state index in [1.807, 2.05) is 0 Å². The first-order valence-corrected chi connectivity index (χ1v) is 7.06. The molecule has 0 aliphatic rings. The number of thiazole rings is 1. The molecule has 1 rings (SSSR count). The van der Waals surface area contributed by atoms with Gasteiger partial charge in [-0.2, -0.15) is 0 Å². The van der Waals surface area contributed by atoms with Crippen molar-refractivity contribution in [2.24, 2.45) is 0 Å². The summed E-state index contributed by atoms with van der Waals surface area (Å²) in [5, 5.41) is 9.91. The zero-order valence-corrected chi connectivity index (χ0v) is 12.9. The minimum atomic E-state index is -0.749. The van der Waals surface area contributed by atoms with E-state index in [0.717, 1.165) is 15.6 Å². The Morgan fingerprint density at radius 2 is 1.72 bits per heavy atom. The van der Waals surface area contributed by atoms with Gasteiger partial charge in [-0.05, 0) is 6.42 Å². The van der Waals surface area contributed by atoms with Crippen molar-refractivity contribution in [1.82, 2.24) is 4.98 Å². The molecule has 0 amide bonds. The minimum Gasteiger partial charge on any atom is -0.481 e. The van der Waals surface area contributed by atoms with Crippen LogP contribution < -0.4 is 0 Å². The predicted molar refractivity (Wildman–Crippen MR) is 75.5 cm³/mol. The van der Waals surface area contributed by atoms with Gasteiger partial charge in [0.15, 0.2) is 0 Å². The van der Waals surface area contributed by atoms with Crippen LogP contribution in [0, 0.1) is 0 Å². The highest BCUT2D eigenvalue weighted by Gasteiger charge is 2.27. The first-order valence-electron chi connectivity index (χ1n) is 6.24. The molecular formula is C14H23NO2S. The van der Waals surface area contributed by atoms with E-state index < -0.39 is 5.97 Å². The Hall–Kier alpha value is -0.900. The molecule has 0 unspecified atom stereocenters. The molecule has 0 aliphatic carbocycles. The lowest BCUT2D eigenvalue weighted by atomic mass is 9.90. The molecule has 0 spiro atoms. The lowest BCUT2D eigenvalue weighted by Crippen LogP contribution is -2.16. The Balaban J connectivity index is 3.14. The topological polar surface area (TPSA) is 50.2 Å². The number of aliphatic carboxylic acids is 1. The minimum absolute atomic E-state index is 0.0200. The quantitative estimate of drug-likeness (QED) is 0.909.